The fourth-order valence-corrected chi connectivity index (χ4v) is 6.50. The van der Waals surface area contributed by atoms with Crippen molar-refractivity contribution in [3.63, 3.8) is 0 Å². The van der Waals surface area contributed by atoms with Gasteiger partial charge in [0.05, 0.1) is 10.6 Å². The van der Waals surface area contributed by atoms with Crippen LogP contribution in [0.5, 0.6) is 0 Å². The highest BCUT2D eigenvalue weighted by molar-refractivity contribution is 7.91. The first kappa shape index (κ1) is 17.5. The standard InChI is InChI=1S/C14H18N4O3S3/c1-9-13(23-14(16-9)17-10(2)19)11-3-4-12(22-11)24(20,21)18-7-5-15-6-8-18/h3-4,15H,5-8H2,1-2H3,(H,16,17,19). The summed E-state index contributed by atoms with van der Waals surface area (Å²) in [5, 5.41) is 6.34. The van der Waals surface area contributed by atoms with Crippen molar-refractivity contribution in [1.82, 2.24) is 14.6 Å². The van der Waals surface area contributed by atoms with Crippen LogP contribution in [0.2, 0.25) is 0 Å². The summed E-state index contributed by atoms with van der Waals surface area (Å²) < 4.78 is 27.3. The molecule has 1 aliphatic rings. The van der Waals surface area contributed by atoms with E-state index >= 15 is 0 Å². The van der Waals surface area contributed by atoms with Gasteiger partial charge in [-0.1, -0.05) is 11.3 Å². The predicted octanol–water partition coefficient (Wildman–Crippen LogP) is 1.73. The Morgan fingerprint density at radius 1 is 1.29 bits per heavy atom. The Balaban J connectivity index is 1.88. The van der Waals surface area contributed by atoms with Gasteiger partial charge in [0.2, 0.25) is 5.91 Å². The molecule has 0 aliphatic carbocycles. The number of hydrogen-bond acceptors (Lipinski definition) is 7. The number of nitrogens with one attached hydrogen (secondary N) is 2. The molecule has 1 amide bonds. The molecule has 3 heterocycles. The van der Waals surface area contributed by atoms with Gasteiger partial charge in [0, 0.05) is 38.0 Å². The van der Waals surface area contributed by atoms with E-state index in [0.717, 1.165) is 15.4 Å². The van der Waals surface area contributed by atoms with Crippen molar-refractivity contribution in [3.8, 4) is 9.75 Å². The summed E-state index contributed by atoms with van der Waals surface area (Å²) in [5.74, 6) is -0.177. The molecule has 0 radical (unpaired) electrons. The summed E-state index contributed by atoms with van der Waals surface area (Å²) in [6, 6.07) is 3.45. The highest BCUT2D eigenvalue weighted by atomic mass is 32.2. The monoisotopic (exact) mass is 386 g/mol. The Bertz CT molecular complexity index is 850. The number of amides is 1. The third-order valence-corrected chi connectivity index (χ3v) is 8.26. The maximum Gasteiger partial charge on any atom is 0.252 e. The largest absolute Gasteiger partial charge is 0.314 e. The molecule has 1 fully saturated rings. The van der Waals surface area contributed by atoms with Gasteiger partial charge in [-0.25, -0.2) is 13.4 Å². The molecule has 0 aromatic carbocycles. The van der Waals surface area contributed by atoms with Crippen LogP contribution in [0.25, 0.3) is 9.75 Å². The van der Waals surface area contributed by atoms with Crippen molar-refractivity contribution < 1.29 is 13.2 Å². The molecule has 2 aromatic rings. The Morgan fingerprint density at radius 3 is 2.67 bits per heavy atom. The molecule has 0 spiro atoms. The zero-order valence-electron chi connectivity index (χ0n) is 13.3. The van der Waals surface area contributed by atoms with Gasteiger partial charge in [-0.05, 0) is 19.1 Å². The number of thiazole rings is 1. The highest BCUT2D eigenvalue weighted by Gasteiger charge is 2.28. The van der Waals surface area contributed by atoms with E-state index < -0.39 is 10.0 Å². The minimum absolute atomic E-state index is 0.177. The first-order valence-corrected chi connectivity index (χ1v) is 10.5. The van der Waals surface area contributed by atoms with Crippen LogP contribution in [0.15, 0.2) is 16.3 Å². The van der Waals surface area contributed by atoms with Gasteiger partial charge in [-0.15, -0.1) is 11.3 Å². The minimum Gasteiger partial charge on any atom is -0.314 e. The van der Waals surface area contributed by atoms with E-state index in [4.69, 9.17) is 0 Å². The third-order valence-electron chi connectivity index (χ3n) is 3.55. The second-order valence-corrected chi connectivity index (χ2v) is 9.64. The number of carbonyl (C=O) groups is 1. The molecule has 1 aliphatic heterocycles. The number of aromatic nitrogens is 1. The molecule has 1 saturated heterocycles. The minimum atomic E-state index is -3.45. The molecule has 0 unspecified atom stereocenters. The molecule has 10 heteroatoms. The van der Waals surface area contributed by atoms with E-state index in [2.05, 4.69) is 15.6 Å². The zero-order valence-corrected chi connectivity index (χ0v) is 15.8. The lowest BCUT2D eigenvalue weighted by Crippen LogP contribution is -2.46. The Hall–Kier alpha value is -1.33. The number of rotatable bonds is 4. The van der Waals surface area contributed by atoms with E-state index in [-0.39, 0.29) is 5.91 Å². The van der Waals surface area contributed by atoms with Crippen molar-refractivity contribution in [2.45, 2.75) is 18.1 Å². The molecular weight excluding hydrogens is 368 g/mol. The molecule has 2 aromatic heterocycles. The van der Waals surface area contributed by atoms with Crippen LogP contribution in [0.3, 0.4) is 0 Å². The van der Waals surface area contributed by atoms with Gasteiger partial charge in [-0.3, -0.25) is 4.79 Å². The zero-order chi connectivity index (χ0) is 17.3. The first-order valence-electron chi connectivity index (χ1n) is 7.44. The van der Waals surface area contributed by atoms with Crippen molar-refractivity contribution in [3.05, 3.63) is 17.8 Å². The van der Waals surface area contributed by atoms with Crippen LogP contribution in [0, 0.1) is 6.92 Å². The van der Waals surface area contributed by atoms with Crippen LogP contribution in [-0.4, -0.2) is 49.8 Å². The fourth-order valence-electron chi connectivity index (χ4n) is 2.42. The topological polar surface area (TPSA) is 91.4 Å². The van der Waals surface area contributed by atoms with Crippen LogP contribution >= 0.6 is 22.7 Å². The second kappa shape index (κ2) is 6.89. The molecule has 0 atom stereocenters. The van der Waals surface area contributed by atoms with Gasteiger partial charge >= 0.3 is 0 Å². The fraction of sp³-hybridized carbons (Fsp3) is 0.429. The first-order chi connectivity index (χ1) is 11.4. The van der Waals surface area contributed by atoms with Crippen LogP contribution in [0.1, 0.15) is 12.6 Å². The molecule has 130 valence electrons. The van der Waals surface area contributed by atoms with E-state index in [1.807, 2.05) is 6.92 Å². The molecule has 0 saturated carbocycles. The van der Waals surface area contributed by atoms with Gasteiger partial charge in [0.25, 0.3) is 10.0 Å². The van der Waals surface area contributed by atoms with E-state index in [9.17, 15) is 13.2 Å². The van der Waals surface area contributed by atoms with Crippen LogP contribution in [0.4, 0.5) is 5.13 Å². The van der Waals surface area contributed by atoms with Gasteiger partial charge in [0.1, 0.15) is 4.21 Å². The van der Waals surface area contributed by atoms with Crippen LogP contribution in [-0.2, 0) is 14.8 Å². The van der Waals surface area contributed by atoms with E-state index in [1.54, 1.807) is 12.1 Å². The van der Waals surface area contributed by atoms with E-state index in [1.165, 1.54) is 33.9 Å². The average Bonchev–Trinajstić information content (AvgIpc) is 3.14. The molecule has 2 N–H and O–H groups in total. The smallest absolute Gasteiger partial charge is 0.252 e. The van der Waals surface area contributed by atoms with E-state index in [0.29, 0.717) is 35.5 Å². The number of sulfonamides is 1. The summed E-state index contributed by atoms with van der Waals surface area (Å²) in [6.07, 6.45) is 0. The van der Waals surface area contributed by atoms with Crippen molar-refractivity contribution in [2.75, 3.05) is 31.5 Å². The number of anilines is 1. The Kier molecular flexibility index (Phi) is 5.02. The van der Waals surface area contributed by atoms with Crippen molar-refractivity contribution in [2.24, 2.45) is 0 Å². The quantitative estimate of drug-likeness (QED) is 0.835. The summed E-state index contributed by atoms with van der Waals surface area (Å²) in [6.45, 7) is 5.60. The normalized spacial score (nSPS) is 16.2. The van der Waals surface area contributed by atoms with Gasteiger partial charge in [-0.2, -0.15) is 4.31 Å². The summed E-state index contributed by atoms with van der Waals surface area (Å²) in [4.78, 5) is 17.2. The number of aryl methyl sites for hydroxylation is 1. The maximum absolute atomic E-state index is 12.7. The number of carbonyl (C=O) groups excluding carboxylic acids is 1. The average molecular weight is 387 g/mol. The summed E-state index contributed by atoms with van der Waals surface area (Å²) in [7, 11) is -3.45. The third kappa shape index (κ3) is 3.52. The molecule has 0 bridgehead atoms. The van der Waals surface area contributed by atoms with Crippen LogP contribution < -0.4 is 10.6 Å². The SMILES string of the molecule is CC(=O)Nc1nc(C)c(-c2ccc(S(=O)(=O)N3CCNCC3)s2)s1. The van der Waals surface area contributed by atoms with Crippen molar-refractivity contribution in [1.29, 1.82) is 0 Å². The molecule has 3 rings (SSSR count). The highest BCUT2D eigenvalue weighted by Crippen LogP contribution is 2.38. The maximum atomic E-state index is 12.7. The predicted molar refractivity (Wildman–Crippen MR) is 96.1 cm³/mol. The molecule has 24 heavy (non-hydrogen) atoms. The lowest BCUT2D eigenvalue weighted by molar-refractivity contribution is -0.114. The lowest BCUT2D eigenvalue weighted by Gasteiger charge is -2.25. The van der Waals surface area contributed by atoms with Crippen molar-refractivity contribution >= 4 is 43.7 Å². The summed E-state index contributed by atoms with van der Waals surface area (Å²) in [5.41, 5.74) is 0.775. The van der Waals surface area contributed by atoms with Gasteiger partial charge < -0.3 is 10.6 Å². The second-order valence-electron chi connectivity index (χ2n) is 5.39. The number of piperazine rings is 1. The lowest BCUT2D eigenvalue weighted by atomic mass is 10.3. The Morgan fingerprint density at radius 2 is 2.00 bits per heavy atom. The Labute approximate surface area is 148 Å². The molecular formula is C14H18N4O3S3. The molecule has 7 nitrogen and oxygen atoms in total. The number of hydrogen-bond donors (Lipinski definition) is 2. The van der Waals surface area contributed by atoms with Gasteiger partial charge in [0.15, 0.2) is 5.13 Å². The number of nitrogens with zero attached hydrogens (tertiary/aromatic N) is 2. The summed E-state index contributed by atoms with van der Waals surface area (Å²) >= 11 is 2.59. The number of thiophene rings is 1.